The molecule has 0 unspecified atom stereocenters. The van der Waals surface area contributed by atoms with Crippen molar-refractivity contribution in [3.8, 4) is 11.5 Å². The summed E-state index contributed by atoms with van der Waals surface area (Å²) in [7, 11) is 1.59. The van der Waals surface area contributed by atoms with Crippen molar-refractivity contribution >= 4 is 50.5 Å². The molecule has 1 heterocycles. The fourth-order valence-electron chi connectivity index (χ4n) is 2.66. The molecule has 1 aliphatic rings. The van der Waals surface area contributed by atoms with Gasteiger partial charge in [-0.1, -0.05) is 19.1 Å². The molecule has 0 bridgehead atoms. The number of amides is 1. The van der Waals surface area contributed by atoms with E-state index in [-0.39, 0.29) is 5.91 Å². The molecular weight excluding hydrogens is 440 g/mol. The van der Waals surface area contributed by atoms with Crippen LogP contribution in [0.2, 0.25) is 0 Å². The van der Waals surface area contributed by atoms with Crippen molar-refractivity contribution in [3.63, 3.8) is 0 Å². The molecule has 0 spiro atoms. The normalized spacial score (nSPS) is 16.5. The van der Waals surface area contributed by atoms with Crippen LogP contribution < -0.4 is 14.8 Å². The summed E-state index contributed by atoms with van der Waals surface area (Å²) in [5, 5.41) is 3.38. The van der Waals surface area contributed by atoms with Crippen molar-refractivity contribution in [1.29, 1.82) is 0 Å². The number of hydrogen-bond acceptors (Lipinski definition) is 5. The first-order valence-corrected chi connectivity index (χ1v) is 10.5. The van der Waals surface area contributed by atoms with Crippen molar-refractivity contribution in [3.05, 3.63) is 56.9 Å². The minimum atomic E-state index is -0.169. The first kappa shape index (κ1) is 20.5. The van der Waals surface area contributed by atoms with E-state index < -0.39 is 0 Å². The maximum Gasteiger partial charge on any atom is 0.264 e. The van der Waals surface area contributed by atoms with Gasteiger partial charge in [0.25, 0.3) is 5.91 Å². The Kier molecular flexibility index (Phi) is 6.80. The third-order valence-corrected chi connectivity index (χ3v) is 5.56. The van der Waals surface area contributed by atoms with Crippen molar-refractivity contribution in [2.45, 2.75) is 20.3 Å². The second-order valence-corrected chi connectivity index (χ2v) is 7.85. The number of hydrogen-bond donors (Lipinski definition) is 1. The van der Waals surface area contributed by atoms with Gasteiger partial charge in [-0.25, -0.2) is 4.99 Å². The molecule has 2 aromatic carbocycles. The minimum Gasteiger partial charge on any atom is -0.493 e. The maximum absolute atomic E-state index is 12.3. The number of thioether (sulfide) groups is 1. The van der Waals surface area contributed by atoms with Gasteiger partial charge < -0.3 is 14.8 Å². The number of nitrogens with zero attached hydrogens (tertiary/aromatic N) is 1. The number of nitrogens with one attached hydrogen (secondary N) is 1. The van der Waals surface area contributed by atoms with Crippen LogP contribution in [-0.4, -0.2) is 24.8 Å². The highest BCUT2D eigenvalue weighted by Crippen LogP contribution is 2.38. The molecule has 1 aliphatic heterocycles. The second kappa shape index (κ2) is 9.30. The number of ether oxygens (including phenoxy) is 2. The number of aryl methyl sites for hydroxylation is 1. The van der Waals surface area contributed by atoms with Crippen LogP contribution in [0, 0.1) is 0 Å². The summed E-state index contributed by atoms with van der Waals surface area (Å²) in [5.74, 6) is 1.09. The van der Waals surface area contributed by atoms with Crippen LogP contribution in [0.15, 0.2) is 50.8 Å². The van der Waals surface area contributed by atoms with Crippen molar-refractivity contribution in [2.75, 3.05) is 13.7 Å². The molecule has 0 radical (unpaired) electrons. The lowest BCUT2D eigenvalue weighted by atomic mass is 10.2. The molecule has 1 saturated heterocycles. The number of methoxy groups -OCH3 is 1. The highest BCUT2D eigenvalue weighted by Gasteiger charge is 2.24. The van der Waals surface area contributed by atoms with Crippen LogP contribution in [-0.2, 0) is 11.2 Å². The van der Waals surface area contributed by atoms with Gasteiger partial charge in [0.05, 0.1) is 28.8 Å². The van der Waals surface area contributed by atoms with E-state index in [1.54, 1.807) is 7.11 Å². The predicted molar refractivity (Wildman–Crippen MR) is 118 cm³/mol. The van der Waals surface area contributed by atoms with E-state index in [1.165, 1.54) is 17.3 Å². The van der Waals surface area contributed by atoms with Crippen molar-refractivity contribution in [2.24, 2.45) is 4.99 Å². The summed E-state index contributed by atoms with van der Waals surface area (Å²) in [6, 6.07) is 11.7. The fraction of sp³-hybridized carbons (Fsp3) is 0.238. The lowest BCUT2D eigenvalue weighted by Gasteiger charge is -2.12. The van der Waals surface area contributed by atoms with Crippen LogP contribution in [0.4, 0.5) is 5.69 Å². The average Bonchev–Trinajstić information content (AvgIpc) is 3.03. The zero-order valence-electron chi connectivity index (χ0n) is 15.9. The van der Waals surface area contributed by atoms with Gasteiger partial charge in [0.1, 0.15) is 0 Å². The van der Waals surface area contributed by atoms with E-state index in [0.717, 1.165) is 22.1 Å². The molecule has 1 N–H and O–H groups in total. The molecule has 0 saturated carbocycles. The average molecular weight is 461 g/mol. The summed E-state index contributed by atoms with van der Waals surface area (Å²) < 4.78 is 11.8. The van der Waals surface area contributed by atoms with E-state index in [4.69, 9.17) is 9.47 Å². The minimum absolute atomic E-state index is 0.169. The number of amidine groups is 1. The summed E-state index contributed by atoms with van der Waals surface area (Å²) in [6.45, 7) is 4.56. The van der Waals surface area contributed by atoms with E-state index >= 15 is 0 Å². The van der Waals surface area contributed by atoms with E-state index in [0.29, 0.717) is 28.2 Å². The first-order chi connectivity index (χ1) is 13.5. The molecule has 1 fully saturated rings. The van der Waals surface area contributed by atoms with Gasteiger partial charge in [-0.05, 0) is 82.5 Å². The topological polar surface area (TPSA) is 59.9 Å². The Morgan fingerprint density at radius 1 is 1.21 bits per heavy atom. The Labute approximate surface area is 177 Å². The van der Waals surface area contributed by atoms with Gasteiger partial charge >= 0.3 is 0 Å². The van der Waals surface area contributed by atoms with Crippen LogP contribution in [0.25, 0.3) is 6.08 Å². The van der Waals surface area contributed by atoms with Crippen LogP contribution in [0.3, 0.4) is 0 Å². The van der Waals surface area contributed by atoms with Gasteiger partial charge in [-0.15, -0.1) is 0 Å². The molecule has 146 valence electrons. The van der Waals surface area contributed by atoms with Crippen molar-refractivity contribution in [1.82, 2.24) is 5.32 Å². The number of aliphatic imine (C=N–C) groups is 1. The lowest BCUT2D eigenvalue weighted by molar-refractivity contribution is -0.115. The fourth-order valence-corrected chi connectivity index (χ4v) is 4.08. The Morgan fingerprint density at radius 2 is 1.96 bits per heavy atom. The Morgan fingerprint density at radius 3 is 2.61 bits per heavy atom. The lowest BCUT2D eigenvalue weighted by Crippen LogP contribution is -2.19. The van der Waals surface area contributed by atoms with E-state index in [1.807, 2.05) is 49.4 Å². The smallest absolute Gasteiger partial charge is 0.264 e. The standard InChI is InChI=1S/C21H21BrN2O3S/c1-4-13-6-8-15(9-7-13)23-21-24-20(25)18(28-21)12-14-10-16(22)19(27-5-2)17(11-14)26-3/h6-12H,4-5H2,1-3H3,(H,23,24,25)/b18-12+. The molecule has 0 aliphatic carbocycles. The number of benzene rings is 2. The van der Waals surface area contributed by atoms with Crippen LogP contribution in [0.5, 0.6) is 11.5 Å². The monoisotopic (exact) mass is 460 g/mol. The zero-order valence-corrected chi connectivity index (χ0v) is 18.3. The Hall–Kier alpha value is -2.25. The third kappa shape index (κ3) is 4.77. The predicted octanol–water partition coefficient (Wildman–Crippen LogP) is 5.31. The van der Waals surface area contributed by atoms with Crippen LogP contribution >= 0.6 is 27.7 Å². The molecular formula is C21H21BrN2O3S. The van der Waals surface area contributed by atoms with Gasteiger partial charge in [0.2, 0.25) is 0 Å². The molecule has 2 aromatic rings. The van der Waals surface area contributed by atoms with Crippen molar-refractivity contribution < 1.29 is 14.3 Å². The Balaban J connectivity index is 1.84. The molecule has 28 heavy (non-hydrogen) atoms. The highest BCUT2D eigenvalue weighted by atomic mass is 79.9. The number of halogens is 1. The first-order valence-electron chi connectivity index (χ1n) is 8.92. The summed E-state index contributed by atoms with van der Waals surface area (Å²) in [6.07, 6.45) is 2.79. The number of carbonyl (C=O) groups excluding carboxylic acids is 1. The molecule has 5 nitrogen and oxygen atoms in total. The zero-order chi connectivity index (χ0) is 20.1. The SMILES string of the molecule is CCOc1c(Br)cc(/C=C2/SC(=Nc3ccc(CC)cc3)NC2=O)cc1OC. The third-order valence-electron chi connectivity index (χ3n) is 4.06. The Bertz CT molecular complexity index is 939. The number of rotatable bonds is 6. The van der Waals surface area contributed by atoms with E-state index in [2.05, 4.69) is 33.2 Å². The maximum atomic E-state index is 12.3. The number of carbonyl (C=O) groups is 1. The van der Waals surface area contributed by atoms with E-state index in [9.17, 15) is 4.79 Å². The summed E-state index contributed by atoms with van der Waals surface area (Å²) in [5.41, 5.74) is 2.90. The molecule has 0 aromatic heterocycles. The molecule has 1 amide bonds. The second-order valence-electron chi connectivity index (χ2n) is 5.97. The van der Waals surface area contributed by atoms with Gasteiger partial charge in [-0.2, -0.15) is 0 Å². The van der Waals surface area contributed by atoms with Gasteiger partial charge in [0.15, 0.2) is 16.7 Å². The van der Waals surface area contributed by atoms with Crippen LogP contribution in [0.1, 0.15) is 25.0 Å². The molecule has 3 rings (SSSR count). The largest absolute Gasteiger partial charge is 0.493 e. The summed E-state index contributed by atoms with van der Waals surface area (Å²) >= 11 is 4.82. The summed E-state index contributed by atoms with van der Waals surface area (Å²) in [4.78, 5) is 17.4. The highest BCUT2D eigenvalue weighted by molar-refractivity contribution is 9.10. The van der Waals surface area contributed by atoms with Gasteiger partial charge in [-0.3, -0.25) is 4.79 Å². The molecule has 0 atom stereocenters. The quantitative estimate of drug-likeness (QED) is 0.593. The molecule has 7 heteroatoms. The van der Waals surface area contributed by atoms with Gasteiger partial charge in [0, 0.05) is 0 Å².